The Kier molecular flexibility index (Phi) is 4.30. The van der Waals surface area contributed by atoms with E-state index in [2.05, 4.69) is 0 Å². The summed E-state index contributed by atoms with van der Waals surface area (Å²) in [7, 11) is 1.52. The van der Waals surface area contributed by atoms with Crippen molar-refractivity contribution in [2.75, 3.05) is 13.7 Å². The molecule has 1 aromatic rings. The molecule has 1 aliphatic heterocycles. The van der Waals surface area contributed by atoms with Crippen LogP contribution in [0.5, 0.6) is 0 Å². The average Bonchev–Trinajstić information content (AvgIpc) is 2.85. The molecule has 2 unspecified atom stereocenters. The maximum absolute atomic E-state index is 12.5. The number of benzene rings is 1. The molecule has 1 heterocycles. The Bertz CT molecular complexity index is 546. The third kappa shape index (κ3) is 2.64. The lowest BCUT2D eigenvalue weighted by atomic mass is 10.1. The van der Waals surface area contributed by atoms with Gasteiger partial charge in [-0.25, -0.2) is 4.79 Å². The van der Waals surface area contributed by atoms with Crippen LogP contribution in [0.25, 0.3) is 0 Å². The van der Waals surface area contributed by atoms with Gasteiger partial charge in [0.2, 0.25) is 0 Å². The van der Waals surface area contributed by atoms with Gasteiger partial charge in [0.15, 0.2) is 0 Å². The van der Waals surface area contributed by atoms with Crippen molar-refractivity contribution in [2.24, 2.45) is 0 Å². The van der Waals surface area contributed by atoms with Crippen LogP contribution >= 0.6 is 11.6 Å². The molecule has 0 aromatic heterocycles. The zero-order valence-corrected chi connectivity index (χ0v) is 12.1. The third-order valence-corrected chi connectivity index (χ3v) is 4.05. The smallest absolute Gasteiger partial charge is 0.326 e. The number of aliphatic carboxylic acids is 1. The molecule has 1 aromatic carbocycles. The van der Waals surface area contributed by atoms with E-state index >= 15 is 0 Å². The molecule has 0 spiro atoms. The molecule has 1 fully saturated rings. The molecule has 5 nitrogen and oxygen atoms in total. The maximum Gasteiger partial charge on any atom is 0.326 e. The summed E-state index contributed by atoms with van der Waals surface area (Å²) in [6.45, 7) is 2.02. The van der Waals surface area contributed by atoms with Crippen LogP contribution in [0.15, 0.2) is 18.2 Å². The number of carboxylic acids is 1. The Morgan fingerprint density at radius 1 is 1.45 bits per heavy atom. The zero-order chi connectivity index (χ0) is 14.9. The fraction of sp³-hybridized carbons (Fsp3) is 0.429. The van der Waals surface area contributed by atoms with Crippen molar-refractivity contribution in [1.29, 1.82) is 0 Å². The minimum absolute atomic E-state index is 0.250. The first-order valence-corrected chi connectivity index (χ1v) is 6.65. The molecule has 0 radical (unpaired) electrons. The molecule has 2 atom stereocenters. The van der Waals surface area contributed by atoms with Gasteiger partial charge in [-0.15, -0.1) is 0 Å². The molecule has 1 amide bonds. The minimum Gasteiger partial charge on any atom is -0.480 e. The molecule has 1 aliphatic rings. The number of carbonyl (C=O) groups excluding carboxylic acids is 1. The van der Waals surface area contributed by atoms with Crippen molar-refractivity contribution in [1.82, 2.24) is 4.90 Å². The van der Waals surface area contributed by atoms with E-state index in [1.165, 1.54) is 12.0 Å². The van der Waals surface area contributed by atoms with Gasteiger partial charge < -0.3 is 14.7 Å². The first-order valence-electron chi connectivity index (χ1n) is 6.27. The predicted octanol–water partition coefficient (Wildman–Crippen LogP) is 1.96. The van der Waals surface area contributed by atoms with Crippen LogP contribution in [0.2, 0.25) is 5.02 Å². The summed E-state index contributed by atoms with van der Waals surface area (Å²) < 4.78 is 5.18. The molecule has 6 heteroatoms. The normalized spacial score (nSPS) is 22.1. The van der Waals surface area contributed by atoms with Crippen LogP contribution in [0, 0.1) is 6.92 Å². The standard InChI is InChI=1S/C14H16ClNO4/c1-8-10(4-3-5-11(8)15)13(17)16-7-9(20-2)6-12(16)14(18)19/h3-5,9,12H,6-7H2,1-2H3,(H,18,19). The predicted molar refractivity (Wildman–Crippen MR) is 74.1 cm³/mol. The minimum atomic E-state index is -1.02. The highest BCUT2D eigenvalue weighted by molar-refractivity contribution is 6.31. The summed E-state index contributed by atoms with van der Waals surface area (Å²) >= 11 is 6.01. The number of nitrogens with zero attached hydrogens (tertiary/aromatic N) is 1. The summed E-state index contributed by atoms with van der Waals surface area (Å²) in [5.74, 6) is -1.34. The van der Waals surface area contributed by atoms with Gasteiger partial charge in [-0.05, 0) is 24.6 Å². The Hall–Kier alpha value is -1.59. The molecular weight excluding hydrogens is 282 g/mol. The van der Waals surface area contributed by atoms with E-state index in [-0.39, 0.29) is 18.6 Å². The Morgan fingerprint density at radius 2 is 2.15 bits per heavy atom. The van der Waals surface area contributed by atoms with Crippen LogP contribution < -0.4 is 0 Å². The van der Waals surface area contributed by atoms with Crippen LogP contribution in [-0.2, 0) is 9.53 Å². The van der Waals surface area contributed by atoms with E-state index in [0.717, 1.165) is 0 Å². The third-order valence-electron chi connectivity index (χ3n) is 3.64. The first-order chi connectivity index (χ1) is 9.45. The molecule has 108 valence electrons. The van der Waals surface area contributed by atoms with Gasteiger partial charge in [0, 0.05) is 30.7 Å². The second-order valence-electron chi connectivity index (χ2n) is 4.82. The van der Waals surface area contributed by atoms with Crippen LogP contribution in [-0.4, -0.2) is 47.7 Å². The fourth-order valence-corrected chi connectivity index (χ4v) is 2.60. The molecule has 1 N–H and O–H groups in total. The SMILES string of the molecule is COC1CC(C(=O)O)N(C(=O)c2cccc(Cl)c2C)C1. The van der Waals surface area contributed by atoms with Gasteiger partial charge in [0.25, 0.3) is 5.91 Å². The number of halogens is 1. The average molecular weight is 298 g/mol. The Balaban J connectivity index is 2.31. The number of carboxylic acid groups (broad SMARTS) is 1. The van der Waals surface area contributed by atoms with Gasteiger partial charge in [-0.1, -0.05) is 17.7 Å². The summed E-state index contributed by atoms with van der Waals surface area (Å²) in [5.41, 5.74) is 1.09. The lowest BCUT2D eigenvalue weighted by molar-refractivity contribution is -0.141. The number of methoxy groups -OCH3 is 1. The highest BCUT2D eigenvalue weighted by Crippen LogP contribution is 2.26. The van der Waals surface area contributed by atoms with E-state index < -0.39 is 12.0 Å². The number of hydrogen-bond donors (Lipinski definition) is 1. The fourth-order valence-electron chi connectivity index (χ4n) is 2.42. The van der Waals surface area contributed by atoms with Gasteiger partial charge in [0.05, 0.1) is 6.10 Å². The van der Waals surface area contributed by atoms with Gasteiger partial charge in [0.1, 0.15) is 6.04 Å². The number of likely N-dealkylation sites (tertiary alicyclic amines) is 1. The van der Waals surface area contributed by atoms with Gasteiger partial charge in [-0.3, -0.25) is 4.79 Å². The van der Waals surface area contributed by atoms with Crippen LogP contribution in [0.3, 0.4) is 0 Å². The number of carbonyl (C=O) groups is 2. The van der Waals surface area contributed by atoms with Gasteiger partial charge >= 0.3 is 5.97 Å². The lowest BCUT2D eigenvalue weighted by Crippen LogP contribution is -2.40. The summed E-state index contributed by atoms with van der Waals surface area (Å²) in [5, 5.41) is 9.73. The van der Waals surface area contributed by atoms with Crippen LogP contribution in [0.1, 0.15) is 22.3 Å². The topological polar surface area (TPSA) is 66.8 Å². The van der Waals surface area contributed by atoms with Crippen molar-refractivity contribution in [3.8, 4) is 0 Å². The molecule has 0 aliphatic carbocycles. The molecule has 0 bridgehead atoms. The summed E-state index contributed by atoms with van der Waals surface area (Å²) in [6.07, 6.45) is 0.0523. The zero-order valence-electron chi connectivity index (χ0n) is 11.3. The van der Waals surface area contributed by atoms with Crippen LogP contribution in [0.4, 0.5) is 0 Å². The van der Waals surface area contributed by atoms with E-state index in [0.29, 0.717) is 22.6 Å². The summed E-state index contributed by atoms with van der Waals surface area (Å²) in [4.78, 5) is 25.2. The van der Waals surface area contributed by atoms with E-state index in [1.807, 2.05) is 0 Å². The molecular formula is C14H16ClNO4. The van der Waals surface area contributed by atoms with Crippen molar-refractivity contribution in [2.45, 2.75) is 25.5 Å². The maximum atomic E-state index is 12.5. The molecule has 20 heavy (non-hydrogen) atoms. The highest BCUT2D eigenvalue weighted by atomic mass is 35.5. The molecule has 1 saturated heterocycles. The van der Waals surface area contributed by atoms with Crippen molar-refractivity contribution < 1.29 is 19.4 Å². The second kappa shape index (κ2) is 5.81. The van der Waals surface area contributed by atoms with E-state index in [4.69, 9.17) is 16.3 Å². The van der Waals surface area contributed by atoms with Crippen molar-refractivity contribution >= 4 is 23.5 Å². The quantitative estimate of drug-likeness (QED) is 0.926. The Morgan fingerprint density at radius 3 is 2.75 bits per heavy atom. The van der Waals surface area contributed by atoms with E-state index in [9.17, 15) is 14.7 Å². The lowest BCUT2D eigenvalue weighted by Gasteiger charge is -2.22. The Labute approximate surface area is 122 Å². The highest BCUT2D eigenvalue weighted by Gasteiger charge is 2.40. The van der Waals surface area contributed by atoms with Crippen molar-refractivity contribution in [3.63, 3.8) is 0 Å². The number of hydrogen-bond acceptors (Lipinski definition) is 3. The van der Waals surface area contributed by atoms with Gasteiger partial charge in [-0.2, -0.15) is 0 Å². The molecule has 0 saturated carbocycles. The van der Waals surface area contributed by atoms with E-state index in [1.54, 1.807) is 25.1 Å². The monoisotopic (exact) mass is 297 g/mol. The number of rotatable bonds is 3. The summed E-state index contributed by atoms with van der Waals surface area (Å²) in [6, 6.07) is 4.18. The molecule has 2 rings (SSSR count). The first kappa shape index (κ1) is 14.8. The number of ether oxygens (including phenoxy) is 1. The second-order valence-corrected chi connectivity index (χ2v) is 5.22. The van der Waals surface area contributed by atoms with Crippen molar-refractivity contribution in [3.05, 3.63) is 34.3 Å². The number of amides is 1. The largest absolute Gasteiger partial charge is 0.480 e.